The van der Waals surface area contributed by atoms with Gasteiger partial charge in [-0.05, 0) is 61.8 Å². The molecule has 27 heavy (non-hydrogen) atoms. The van der Waals surface area contributed by atoms with Crippen LogP contribution in [0.3, 0.4) is 0 Å². The van der Waals surface area contributed by atoms with Crippen molar-refractivity contribution in [1.29, 1.82) is 0 Å². The van der Waals surface area contributed by atoms with E-state index in [1.165, 1.54) is 25.3 Å². The molecule has 0 unspecified atom stereocenters. The number of aliphatic carboxylic acids is 1. The fourth-order valence-electron chi connectivity index (χ4n) is 4.28. The Morgan fingerprint density at radius 2 is 1.96 bits per heavy atom. The summed E-state index contributed by atoms with van der Waals surface area (Å²) in [5.74, 6) is 3.59. The first-order valence-corrected chi connectivity index (χ1v) is 11.2. The van der Waals surface area contributed by atoms with Crippen molar-refractivity contribution in [3.05, 3.63) is 42.5 Å². The van der Waals surface area contributed by atoms with Crippen LogP contribution in [-0.2, 0) is 9.53 Å². The number of para-hydroxylation sites is 1. The van der Waals surface area contributed by atoms with Crippen molar-refractivity contribution in [3.8, 4) is 5.75 Å². The van der Waals surface area contributed by atoms with Crippen LogP contribution in [0.2, 0.25) is 0 Å². The molecule has 2 saturated heterocycles. The quantitative estimate of drug-likeness (QED) is 0.411. The van der Waals surface area contributed by atoms with E-state index in [0.29, 0.717) is 24.0 Å². The molecule has 148 valence electrons. The Kier molecular flexibility index (Phi) is 8.09. The first-order chi connectivity index (χ1) is 13.2. The van der Waals surface area contributed by atoms with Crippen LogP contribution in [0, 0.1) is 11.8 Å². The minimum Gasteiger partial charge on any atom is -0.493 e. The molecule has 4 nitrogen and oxygen atoms in total. The third kappa shape index (κ3) is 6.28. The van der Waals surface area contributed by atoms with Gasteiger partial charge in [-0.15, -0.1) is 0 Å². The van der Waals surface area contributed by atoms with Gasteiger partial charge in [0.1, 0.15) is 5.75 Å². The monoisotopic (exact) mass is 390 g/mol. The molecular weight excluding hydrogens is 360 g/mol. The second kappa shape index (κ2) is 10.8. The van der Waals surface area contributed by atoms with Gasteiger partial charge in [0.05, 0.1) is 18.8 Å². The zero-order valence-corrected chi connectivity index (χ0v) is 16.6. The molecule has 3 rings (SSSR count). The van der Waals surface area contributed by atoms with Gasteiger partial charge in [-0.2, -0.15) is 11.8 Å². The Labute approximate surface area is 166 Å². The van der Waals surface area contributed by atoms with Crippen molar-refractivity contribution in [2.24, 2.45) is 11.8 Å². The molecule has 0 aromatic heterocycles. The molecule has 5 heteroatoms. The molecule has 0 saturated carbocycles. The fraction of sp³-hybridized carbons (Fsp3) is 0.591. The van der Waals surface area contributed by atoms with E-state index < -0.39 is 5.97 Å². The number of thioether (sulfide) groups is 1. The molecule has 0 amide bonds. The summed E-state index contributed by atoms with van der Waals surface area (Å²) in [6, 6.07) is 9.99. The van der Waals surface area contributed by atoms with E-state index in [1.54, 1.807) is 6.08 Å². The van der Waals surface area contributed by atoms with E-state index in [1.807, 2.05) is 42.1 Å². The Hall–Kier alpha value is -1.46. The van der Waals surface area contributed by atoms with Crippen molar-refractivity contribution in [1.82, 2.24) is 0 Å². The van der Waals surface area contributed by atoms with Gasteiger partial charge in [-0.3, -0.25) is 0 Å². The third-order valence-electron chi connectivity index (χ3n) is 5.56. The fourth-order valence-corrected chi connectivity index (χ4v) is 5.38. The van der Waals surface area contributed by atoms with E-state index >= 15 is 0 Å². The number of benzene rings is 1. The van der Waals surface area contributed by atoms with E-state index in [0.717, 1.165) is 43.1 Å². The maximum absolute atomic E-state index is 10.5. The normalized spacial score (nSPS) is 26.7. The maximum Gasteiger partial charge on any atom is 0.327 e. The van der Waals surface area contributed by atoms with Crippen molar-refractivity contribution in [2.75, 3.05) is 18.1 Å². The summed E-state index contributed by atoms with van der Waals surface area (Å²) in [5, 5.41) is 8.62. The van der Waals surface area contributed by atoms with Gasteiger partial charge in [-0.25, -0.2) is 4.79 Å². The Balaban J connectivity index is 1.33. The Bertz CT molecular complexity index is 604. The highest BCUT2D eigenvalue weighted by Crippen LogP contribution is 2.46. The highest BCUT2D eigenvalue weighted by Gasteiger charge is 2.47. The SMILES string of the molecule is O=C(O)/C=C\CCCC[C@H]1[C@@H](CSCCOc2ccccc2)[C@H]2CC[C@@H]1O2. The van der Waals surface area contributed by atoms with Crippen LogP contribution in [0.5, 0.6) is 5.75 Å². The second-order valence-electron chi connectivity index (χ2n) is 7.38. The first-order valence-electron chi connectivity index (χ1n) is 10.0. The first kappa shape index (κ1) is 20.3. The Morgan fingerprint density at radius 3 is 2.74 bits per heavy atom. The highest BCUT2D eigenvalue weighted by molar-refractivity contribution is 7.99. The lowest BCUT2D eigenvalue weighted by atomic mass is 9.77. The topological polar surface area (TPSA) is 55.8 Å². The molecule has 0 aliphatic carbocycles. The van der Waals surface area contributed by atoms with Crippen LogP contribution < -0.4 is 4.74 Å². The van der Waals surface area contributed by atoms with Gasteiger partial charge in [0, 0.05) is 11.8 Å². The summed E-state index contributed by atoms with van der Waals surface area (Å²) >= 11 is 1.98. The lowest BCUT2D eigenvalue weighted by Crippen LogP contribution is -2.29. The molecule has 1 aromatic rings. The van der Waals surface area contributed by atoms with E-state index in [2.05, 4.69) is 0 Å². The van der Waals surface area contributed by atoms with Gasteiger partial charge in [0.25, 0.3) is 0 Å². The number of carbonyl (C=O) groups is 1. The molecule has 0 spiro atoms. The lowest BCUT2D eigenvalue weighted by Gasteiger charge is -2.27. The molecular formula is C22H30O4S. The molecule has 2 fully saturated rings. The van der Waals surface area contributed by atoms with Gasteiger partial charge in [0.2, 0.25) is 0 Å². The number of hydrogen-bond donors (Lipinski definition) is 1. The largest absolute Gasteiger partial charge is 0.493 e. The summed E-state index contributed by atoms with van der Waals surface area (Å²) in [4.78, 5) is 10.5. The van der Waals surface area contributed by atoms with Crippen LogP contribution in [-0.4, -0.2) is 41.4 Å². The maximum atomic E-state index is 10.5. The third-order valence-corrected chi connectivity index (χ3v) is 6.63. The molecule has 2 aliphatic rings. The summed E-state index contributed by atoms with van der Waals surface area (Å²) in [6.07, 6.45) is 10.6. The second-order valence-corrected chi connectivity index (χ2v) is 8.53. The molecule has 2 aliphatic heterocycles. The lowest BCUT2D eigenvalue weighted by molar-refractivity contribution is -0.131. The zero-order chi connectivity index (χ0) is 18.9. The minimum absolute atomic E-state index is 0.453. The van der Waals surface area contributed by atoms with Crippen molar-refractivity contribution in [2.45, 2.75) is 50.7 Å². The highest BCUT2D eigenvalue weighted by atomic mass is 32.2. The number of fused-ring (bicyclic) bond motifs is 2. The van der Waals surface area contributed by atoms with Crippen molar-refractivity contribution in [3.63, 3.8) is 0 Å². The van der Waals surface area contributed by atoms with E-state index in [-0.39, 0.29) is 0 Å². The zero-order valence-electron chi connectivity index (χ0n) is 15.8. The number of allylic oxidation sites excluding steroid dienone is 1. The standard InChI is InChI=1S/C22H30O4S/c23-22(24)11-7-2-1-6-10-18-19(21-13-12-20(18)26-21)16-27-15-14-25-17-8-4-3-5-9-17/h3-5,7-9,11,18-21H,1-2,6,10,12-16H2,(H,23,24)/b11-7-/t18-,19+,20-,21+/m0/s1. The number of carboxylic acid groups (broad SMARTS) is 1. The molecule has 2 heterocycles. The minimum atomic E-state index is -0.857. The summed E-state index contributed by atoms with van der Waals surface area (Å²) in [5.41, 5.74) is 0. The molecule has 1 aromatic carbocycles. The van der Waals surface area contributed by atoms with Crippen molar-refractivity contribution >= 4 is 17.7 Å². The predicted molar refractivity (Wildman–Crippen MR) is 109 cm³/mol. The van der Waals surface area contributed by atoms with E-state index in [9.17, 15) is 4.79 Å². The van der Waals surface area contributed by atoms with Crippen LogP contribution in [0.15, 0.2) is 42.5 Å². The summed E-state index contributed by atoms with van der Waals surface area (Å²) in [6.45, 7) is 0.747. The van der Waals surface area contributed by atoms with Gasteiger partial charge < -0.3 is 14.6 Å². The van der Waals surface area contributed by atoms with Crippen LogP contribution in [0.4, 0.5) is 0 Å². The number of hydrogen-bond acceptors (Lipinski definition) is 4. The number of ether oxygens (including phenoxy) is 2. The molecule has 2 bridgehead atoms. The molecule has 4 atom stereocenters. The predicted octanol–water partition coefficient (Wildman–Crippen LogP) is 4.79. The number of carboxylic acids is 1. The average molecular weight is 391 g/mol. The summed E-state index contributed by atoms with van der Waals surface area (Å²) < 4.78 is 12.0. The van der Waals surface area contributed by atoms with Crippen LogP contribution in [0.25, 0.3) is 0 Å². The van der Waals surface area contributed by atoms with Crippen LogP contribution >= 0.6 is 11.8 Å². The summed E-state index contributed by atoms with van der Waals surface area (Å²) in [7, 11) is 0. The van der Waals surface area contributed by atoms with Gasteiger partial charge in [0.15, 0.2) is 0 Å². The van der Waals surface area contributed by atoms with Gasteiger partial charge in [-0.1, -0.05) is 30.7 Å². The smallest absolute Gasteiger partial charge is 0.327 e. The van der Waals surface area contributed by atoms with E-state index in [4.69, 9.17) is 14.6 Å². The van der Waals surface area contributed by atoms with Crippen LogP contribution in [0.1, 0.15) is 38.5 Å². The van der Waals surface area contributed by atoms with Gasteiger partial charge >= 0.3 is 5.97 Å². The number of rotatable bonds is 12. The molecule has 1 N–H and O–H groups in total. The molecule has 0 radical (unpaired) electrons. The Morgan fingerprint density at radius 1 is 1.19 bits per heavy atom. The average Bonchev–Trinajstić information content (AvgIpc) is 3.27. The number of unbranched alkanes of at least 4 members (excludes halogenated alkanes) is 2. The van der Waals surface area contributed by atoms with Crippen molar-refractivity contribution < 1.29 is 19.4 Å².